The van der Waals surface area contributed by atoms with Gasteiger partial charge in [-0.05, 0) is 155 Å². The molecule has 1 aromatic carbocycles. The number of phenolic OH excluding ortho intramolecular Hbond substituents is 1. The Bertz CT molecular complexity index is 1160. The molecule has 0 bridgehead atoms. The number of aromatic hydroxyl groups is 1. The summed E-state index contributed by atoms with van der Waals surface area (Å²) in [6.45, 7) is 4.51. The van der Waals surface area contributed by atoms with Crippen molar-refractivity contribution in [2.45, 2.75) is 102 Å². The van der Waals surface area contributed by atoms with Crippen LogP contribution in [0.3, 0.4) is 0 Å². The van der Waals surface area contributed by atoms with Crippen LogP contribution < -0.4 is 0 Å². The maximum Gasteiger partial charge on any atom is 0.115 e. The van der Waals surface area contributed by atoms with E-state index in [-0.39, 0.29) is 11.5 Å². The third kappa shape index (κ3) is 7.65. The van der Waals surface area contributed by atoms with Crippen molar-refractivity contribution < 1.29 is 14.4 Å². The predicted octanol–water partition coefficient (Wildman–Crippen LogP) is 6.88. The molecule has 0 spiro atoms. The highest BCUT2D eigenvalue weighted by Gasteiger charge is 2.57. The van der Waals surface area contributed by atoms with Gasteiger partial charge in [0.1, 0.15) is 5.75 Å². The Morgan fingerprint density at radius 3 is 2.67 bits per heavy atom. The molecule has 7 atom stereocenters. The van der Waals surface area contributed by atoms with Crippen LogP contribution in [0.2, 0.25) is 0 Å². The van der Waals surface area contributed by atoms with E-state index in [0.29, 0.717) is 29.4 Å². The number of nitrogens with zero attached hydrogens (tertiary/aromatic N) is 2. The zero-order chi connectivity index (χ0) is 29.5. The molecule has 1 aromatic heterocycles. The number of hydrogen-bond donors (Lipinski definition) is 2. The lowest BCUT2D eigenvalue weighted by atomic mass is 9.51. The average molecular weight is 595 g/mol. The van der Waals surface area contributed by atoms with Gasteiger partial charge in [0.05, 0.1) is 6.10 Å². The molecule has 0 amide bonds. The van der Waals surface area contributed by atoms with E-state index in [4.69, 9.17) is 0 Å². The third-order valence-corrected chi connectivity index (χ3v) is 12.6. The molecular weight excluding hydrogens is 540 g/mol. The van der Waals surface area contributed by atoms with Crippen molar-refractivity contribution in [2.75, 3.05) is 31.6 Å². The van der Waals surface area contributed by atoms with Crippen LogP contribution in [0.25, 0.3) is 0 Å². The quantitative estimate of drug-likeness (QED) is 0.220. The number of aromatic nitrogens is 1. The summed E-state index contributed by atoms with van der Waals surface area (Å²) in [5, 5.41) is 21.2. The molecule has 6 unspecified atom stereocenters. The third-order valence-electron chi connectivity index (χ3n) is 11.1. The number of phenols is 1. The second-order valence-electron chi connectivity index (χ2n) is 13.9. The van der Waals surface area contributed by atoms with Crippen molar-refractivity contribution in [2.24, 2.45) is 23.2 Å². The number of pyridine rings is 1. The number of hydrogen-bond acceptors (Lipinski definition) is 5. The summed E-state index contributed by atoms with van der Waals surface area (Å²) in [6, 6.07) is 12.2. The number of fused-ring (bicyclic) bond motifs is 5. The van der Waals surface area contributed by atoms with Crippen LogP contribution >= 0.6 is 0 Å². The van der Waals surface area contributed by atoms with Gasteiger partial charge < -0.3 is 15.1 Å². The van der Waals surface area contributed by atoms with Crippen LogP contribution in [-0.4, -0.2) is 62.1 Å². The highest BCUT2D eigenvalue weighted by molar-refractivity contribution is 7.84. The van der Waals surface area contributed by atoms with Gasteiger partial charge in [-0.25, -0.2) is 0 Å². The van der Waals surface area contributed by atoms with Crippen LogP contribution in [0.5, 0.6) is 5.75 Å². The summed E-state index contributed by atoms with van der Waals surface area (Å²) < 4.78 is 12.4. The Kier molecular flexibility index (Phi) is 11.2. The molecule has 2 aromatic rings. The Balaban J connectivity index is 1.01. The molecule has 5 nitrogen and oxygen atoms in total. The molecule has 2 fully saturated rings. The minimum atomic E-state index is -0.714. The largest absolute Gasteiger partial charge is 0.508 e. The van der Waals surface area contributed by atoms with E-state index >= 15 is 0 Å². The molecule has 42 heavy (non-hydrogen) atoms. The molecule has 1 heterocycles. The molecule has 3 aliphatic carbocycles. The van der Waals surface area contributed by atoms with Gasteiger partial charge in [0, 0.05) is 34.2 Å². The van der Waals surface area contributed by atoms with Crippen molar-refractivity contribution in [3.05, 3.63) is 59.4 Å². The van der Waals surface area contributed by atoms with Crippen molar-refractivity contribution in [3.63, 3.8) is 0 Å². The fourth-order valence-corrected chi connectivity index (χ4v) is 10.1. The summed E-state index contributed by atoms with van der Waals surface area (Å²) in [5.41, 5.74) is 4.04. The molecule has 0 aliphatic heterocycles. The predicted molar refractivity (Wildman–Crippen MR) is 173 cm³/mol. The second-order valence-corrected chi connectivity index (χ2v) is 15.6. The van der Waals surface area contributed by atoms with E-state index in [2.05, 4.69) is 36.0 Å². The van der Waals surface area contributed by atoms with Gasteiger partial charge in [-0.1, -0.05) is 31.9 Å². The minimum Gasteiger partial charge on any atom is -0.508 e. The van der Waals surface area contributed by atoms with E-state index in [9.17, 15) is 14.4 Å². The van der Waals surface area contributed by atoms with Crippen molar-refractivity contribution >= 4 is 10.8 Å². The summed E-state index contributed by atoms with van der Waals surface area (Å²) in [4.78, 5) is 6.79. The number of unbranched alkanes of at least 4 members (excludes halogenated alkanes) is 3. The monoisotopic (exact) mass is 594 g/mol. The zero-order valence-corrected chi connectivity index (χ0v) is 26.9. The Labute approximate surface area is 257 Å². The first-order valence-electron chi connectivity index (χ1n) is 16.8. The van der Waals surface area contributed by atoms with Crippen LogP contribution in [0, 0.1) is 23.2 Å². The zero-order valence-electron chi connectivity index (χ0n) is 26.1. The fourth-order valence-electron chi connectivity index (χ4n) is 8.92. The number of benzene rings is 1. The lowest BCUT2D eigenvalue weighted by Gasteiger charge is -2.54. The highest BCUT2D eigenvalue weighted by atomic mass is 32.2. The molecular formula is C36H54N2O3S. The standard InChI is InChI=1S/C36H54N2O3S/c1-36-26-28(35-31-17-15-30(39)25-27(31)14-16-32(35)33(36)18-19-34(36)40)11-4-3-8-21-38(2)22-10-24-42(41)23-9-6-13-29-12-5-7-20-37-29/h5,7,12,15,17,20,25,28,32-35,39-40H,3-4,6,8-11,13-14,16,18-19,21-24,26H2,1-2H3/t28-,32?,33?,34?,35?,36?,42?/m0/s1. The Hall–Kier alpha value is -1.76. The normalized spacial score (nSPS) is 29.2. The molecule has 0 saturated heterocycles. The lowest BCUT2D eigenvalue weighted by Crippen LogP contribution is -2.47. The first-order chi connectivity index (χ1) is 20.3. The van der Waals surface area contributed by atoms with Crippen LogP contribution in [0.4, 0.5) is 0 Å². The van der Waals surface area contributed by atoms with Crippen LogP contribution in [0.15, 0.2) is 42.6 Å². The van der Waals surface area contributed by atoms with Gasteiger partial charge in [-0.2, -0.15) is 0 Å². The van der Waals surface area contributed by atoms with Crippen molar-refractivity contribution in [1.29, 1.82) is 0 Å². The summed E-state index contributed by atoms with van der Waals surface area (Å²) in [5.74, 6) is 4.50. The second kappa shape index (κ2) is 14.8. The van der Waals surface area contributed by atoms with Crippen LogP contribution in [-0.2, 0) is 23.6 Å². The highest BCUT2D eigenvalue weighted by Crippen LogP contribution is 2.63. The van der Waals surface area contributed by atoms with Gasteiger partial charge >= 0.3 is 0 Å². The Morgan fingerprint density at radius 1 is 1.00 bits per heavy atom. The maximum absolute atomic E-state index is 12.4. The van der Waals surface area contributed by atoms with E-state index in [1.807, 2.05) is 30.5 Å². The average Bonchev–Trinajstić information content (AvgIpc) is 3.28. The molecule has 6 heteroatoms. The number of aryl methyl sites for hydroxylation is 2. The van der Waals surface area contributed by atoms with Crippen molar-refractivity contribution in [1.82, 2.24) is 9.88 Å². The fraction of sp³-hybridized carbons (Fsp3) is 0.694. The van der Waals surface area contributed by atoms with E-state index in [1.165, 1.54) is 49.7 Å². The molecule has 2 N–H and O–H groups in total. The van der Waals surface area contributed by atoms with Gasteiger partial charge in [0.15, 0.2) is 0 Å². The van der Waals surface area contributed by atoms with E-state index < -0.39 is 10.8 Å². The number of rotatable bonds is 15. The summed E-state index contributed by atoms with van der Waals surface area (Å²) in [7, 11) is 1.49. The molecule has 232 valence electrons. The maximum atomic E-state index is 12.4. The molecule has 5 rings (SSSR count). The smallest absolute Gasteiger partial charge is 0.115 e. The Morgan fingerprint density at radius 2 is 1.83 bits per heavy atom. The topological polar surface area (TPSA) is 73.7 Å². The van der Waals surface area contributed by atoms with Gasteiger partial charge in [-0.3, -0.25) is 9.19 Å². The molecule has 3 aliphatic rings. The van der Waals surface area contributed by atoms with Gasteiger partial charge in [-0.15, -0.1) is 0 Å². The first kappa shape index (κ1) is 31.7. The summed E-state index contributed by atoms with van der Waals surface area (Å²) in [6.07, 6.45) is 16.2. The summed E-state index contributed by atoms with van der Waals surface area (Å²) >= 11 is 0. The molecule has 2 saturated carbocycles. The molecule has 0 radical (unpaired) electrons. The van der Waals surface area contributed by atoms with Crippen LogP contribution in [0.1, 0.15) is 100 Å². The SMILES string of the molecule is CN(CCCCC[C@H]1CC2(C)C(O)CCC2C2CCc3cc(O)ccc3C21)CCCS(=O)CCCCc1ccccn1. The number of aliphatic hydroxyl groups is 1. The lowest BCUT2D eigenvalue weighted by molar-refractivity contribution is -0.0501. The van der Waals surface area contributed by atoms with Gasteiger partial charge in [0.25, 0.3) is 0 Å². The van der Waals surface area contributed by atoms with E-state index in [1.54, 1.807) is 0 Å². The van der Waals surface area contributed by atoms with Gasteiger partial charge in [0.2, 0.25) is 0 Å². The first-order valence-corrected chi connectivity index (χ1v) is 18.3. The minimum absolute atomic E-state index is 0.0691. The number of aliphatic hydroxyl groups excluding tert-OH is 1. The van der Waals surface area contributed by atoms with Crippen molar-refractivity contribution in [3.8, 4) is 5.75 Å². The van der Waals surface area contributed by atoms with E-state index in [0.717, 1.165) is 75.2 Å².